The van der Waals surface area contributed by atoms with E-state index in [0.717, 1.165) is 29.8 Å². The van der Waals surface area contributed by atoms with Crippen LogP contribution >= 0.6 is 11.6 Å². The van der Waals surface area contributed by atoms with Crippen LogP contribution < -0.4 is 16.0 Å². The molecule has 0 spiro atoms. The Morgan fingerprint density at radius 3 is 2.81 bits per heavy atom. The molecular weight excluding hydrogens is 288 g/mol. The predicted molar refractivity (Wildman–Crippen MR) is 84.4 cm³/mol. The number of nitrogen functional groups attached to an aromatic ring is 1. The van der Waals surface area contributed by atoms with Crippen LogP contribution in [0.1, 0.15) is 30.3 Å². The number of hydrogen-bond acceptors (Lipinski definition) is 5. The van der Waals surface area contributed by atoms with Gasteiger partial charge in [-0.1, -0.05) is 30.7 Å². The molecule has 0 aliphatic rings. The highest BCUT2D eigenvalue weighted by atomic mass is 35.5. The van der Waals surface area contributed by atoms with Gasteiger partial charge in [0, 0.05) is 11.4 Å². The first-order valence-corrected chi connectivity index (χ1v) is 7.23. The molecule has 0 amide bonds. The van der Waals surface area contributed by atoms with Crippen LogP contribution in [0.2, 0.25) is 5.02 Å². The number of nitrogens with zero attached hydrogens (tertiary/aromatic N) is 2. The van der Waals surface area contributed by atoms with Gasteiger partial charge in [0.1, 0.15) is 18.2 Å². The molecule has 0 radical (unpaired) electrons. The maximum absolute atomic E-state index is 5.96. The third-order valence-corrected chi connectivity index (χ3v) is 3.26. The molecule has 0 atom stereocenters. The lowest BCUT2D eigenvalue weighted by Gasteiger charge is -2.13. The molecule has 2 rings (SSSR count). The topological polar surface area (TPSA) is 73.1 Å². The van der Waals surface area contributed by atoms with E-state index in [1.54, 1.807) is 0 Å². The second-order valence-electron chi connectivity index (χ2n) is 4.73. The molecule has 3 N–H and O–H groups in total. The SMILES string of the molecule is CCCc1nc(NN)c(C)c(OCc2cccc(Cl)c2)n1. The summed E-state index contributed by atoms with van der Waals surface area (Å²) in [6.07, 6.45) is 1.74. The Morgan fingerprint density at radius 1 is 1.33 bits per heavy atom. The normalized spacial score (nSPS) is 10.5. The minimum atomic E-state index is 0.397. The fourth-order valence-corrected chi connectivity index (χ4v) is 2.15. The maximum Gasteiger partial charge on any atom is 0.222 e. The Balaban J connectivity index is 2.20. The van der Waals surface area contributed by atoms with Gasteiger partial charge >= 0.3 is 0 Å². The fraction of sp³-hybridized carbons (Fsp3) is 0.333. The molecule has 0 aliphatic carbocycles. The molecule has 1 aromatic carbocycles. The van der Waals surface area contributed by atoms with Gasteiger partial charge in [-0.2, -0.15) is 4.98 Å². The molecule has 0 saturated carbocycles. The first kappa shape index (κ1) is 15.5. The Labute approximate surface area is 129 Å². The molecule has 1 aromatic heterocycles. The summed E-state index contributed by atoms with van der Waals surface area (Å²) in [6.45, 7) is 4.34. The van der Waals surface area contributed by atoms with E-state index in [0.29, 0.717) is 23.3 Å². The van der Waals surface area contributed by atoms with Crippen molar-refractivity contribution in [2.45, 2.75) is 33.3 Å². The zero-order valence-electron chi connectivity index (χ0n) is 12.2. The predicted octanol–water partition coefficient (Wildman–Crippen LogP) is 3.26. The molecular formula is C15H19ClN4O. The number of rotatable bonds is 6. The largest absolute Gasteiger partial charge is 0.472 e. The lowest BCUT2D eigenvalue weighted by molar-refractivity contribution is 0.290. The van der Waals surface area contributed by atoms with Gasteiger partial charge in [0.2, 0.25) is 5.88 Å². The number of halogens is 1. The van der Waals surface area contributed by atoms with E-state index < -0.39 is 0 Å². The van der Waals surface area contributed by atoms with Crippen molar-refractivity contribution in [1.29, 1.82) is 0 Å². The first-order chi connectivity index (χ1) is 10.1. The number of aromatic nitrogens is 2. The van der Waals surface area contributed by atoms with E-state index in [2.05, 4.69) is 22.3 Å². The highest BCUT2D eigenvalue weighted by molar-refractivity contribution is 6.30. The van der Waals surface area contributed by atoms with E-state index in [1.807, 2.05) is 31.2 Å². The van der Waals surface area contributed by atoms with Gasteiger partial charge in [-0.25, -0.2) is 10.8 Å². The second-order valence-corrected chi connectivity index (χ2v) is 5.17. The minimum Gasteiger partial charge on any atom is -0.472 e. The number of ether oxygens (including phenoxy) is 1. The molecule has 0 saturated heterocycles. The summed E-state index contributed by atoms with van der Waals surface area (Å²) in [5.41, 5.74) is 4.37. The van der Waals surface area contributed by atoms with Crippen LogP contribution in [0, 0.1) is 6.92 Å². The number of anilines is 1. The number of aryl methyl sites for hydroxylation is 1. The molecule has 6 heteroatoms. The molecule has 112 valence electrons. The zero-order chi connectivity index (χ0) is 15.2. The number of benzene rings is 1. The molecule has 0 bridgehead atoms. The molecule has 1 heterocycles. The summed E-state index contributed by atoms with van der Waals surface area (Å²) in [5, 5.41) is 0.687. The summed E-state index contributed by atoms with van der Waals surface area (Å²) in [5.74, 6) is 7.35. The molecule has 21 heavy (non-hydrogen) atoms. The number of hydrogen-bond donors (Lipinski definition) is 2. The van der Waals surface area contributed by atoms with Gasteiger partial charge in [-0.3, -0.25) is 0 Å². The first-order valence-electron chi connectivity index (χ1n) is 6.85. The van der Waals surface area contributed by atoms with Gasteiger partial charge in [0.05, 0.1) is 5.56 Å². The average Bonchev–Trinajstić information content (AvgIpc) is 2.48. The summed E-state index contributed by atoms with van der Waals surface area (Å²) in [6, 6.07) is 7.55. The minimum absolute atomic E-state index is 0.397. The van der Waals surface area contributed by atoms with Crippen LogP contribution in [-0.2, 0) is 13.0 Å². The van der Waals surface area contributed by atoms with Gasteiger partial charge in [-0.05, 0) is 31.0 Å². The molecule has 0 fully saturated rings. The lowest BCUT2D eigenvalue weighted by atomic mass is 10.2. The van der Waals surface area contributed by atoms with Crippen molar-refractivity contribution in [1.82, 2.24) is 9.97 Å². The van der Waals surface area contributed by atoms with Crippen LogP contribution in [0.5, 0.6) is 5.88 Å². The molecule has 5 nitrogen and oxygen atoms in total. The number of nitrogens with two attached hydrogens (primary N) is 1. The lowest BCUT2D eigenvalue weighted by Crippen LogP contribution is -2.14. The number of nitrogens with one attached hydrogen (secondary N) is 1. The Kier molecular flexibility index (Phi) is 5.36. The van der Waals surface area contributed by atoms with Crippen molar-refractivity contribution >= 4 is 17.4 Å². The summed E-state index contributed by atoms with van der Waals surface area (Å²) >= 11 is 5.96. The quantitative estimate of drug-likeness (QED) is 0.633. The summed E-state index contributed by atoms with van der Waals surface area (Å²) in [4.78, 5) is 8.81. The maximum atomic E-state index is 5.96. The smallest absolute Gasteiger partial charge is 0.222 e. The van der Waals surface area contributed by atoms with E-state index in [-0.39, 0.29) is 0 Å². The van der Waals surface area contributed by atoms with Gasteiger partial charge in [0.15, 0.2) is 0 Å². The summed E-state index contributed by atoms with van der Waals surface area (Å²) < 4.78 is 5.80. The van der Waals surface area contributed by atoms with Crippen LogP contribution in [0.15, 0.2) is 24.3 Å². The molecule has 0 unspecified atom stereocenters. The Bertz CT molecular complexity index is 619. The second kappa shape index (κ2) is 7.24. The van der Waals surface area contributed by atoms with Crippen molar-refractivity contribution < 1.29 is 4.74 Å². The van der Waals surface area contributed by atoms with Crippen LogP contribution in [0.25, 0.3) is 0 Å². The van der Waals surface area contributed by atoms with Gasteiger partial charge in [-0.15, -0.1) is 0 Å². The zero-order valence-corrected chi connectivity index (χ0v) is 12.9. The van der Waals surface area contributed by atoms with E-state index >= 15 is 0 Å². The van der Waals surface area contributed by atoms with Crippen molar-refractivity contribution in [2.24, 2.45) is 5.84 Å². The average molecular weight is 307 g/mol. The fourth-order valence-electron chi connectivity index (χ4n) is 1.94. The van der Waals surface area contributed by atoms with E-state index in [4.69, 9.17) is 22.2 Å². The molecule has 0 aliphatic heterocycles. The highest BCUT2D eigenvalue weighted by Gasteiger charge is 2.11. The number of hydrazine groups is 1. The third kappa shape index (κ3) is 4.06. The van der Waals surface area contributed by atoms with E-state index in [1.165, 1.54) is 0 Å². The highest BCUT2D eigenvalue weighted by Crippen LogP contribution is 2.23. The van der Waals surface area contributed by atoms with Crippen LogP contribution in [0.3, 0.4) is 0 Å². The van der Waals surface area contributed by atoms with Crippen molar-refractivity contribution in [3.8, 4) is 5.88 Å². The van der Waals surface area contributed by atoms with Crippen LogP contribution in [0.4, 0.5) is 5.82 Å². The third-order valence-electron chi connectivity index (χ3n) is 3.02. The van der Waals surface area contributed by atoms with Gasteiger partial charge < -0.3 is 10.2 Å². The monoisotopic (exact) mass is 306 g/mol. The van der Waals surface area contributed by atoms with E-state index in [9.17, 15) is 0 Å². The van der Waals surface area contributed by atoms with Crippen molar-refractivity contribution in [3.63, 3.8) is 0 Å². The Morgan fingerprint density at radius 2 is 2.14 bits per heavy atom. The standard InChI is InChI=1S/C15H19ClN4O/c1-3-5-13-18-14(20-17)10(2)15(19-13)21-9-11-6-4-7-12(16)8-11/h4,6-8H,3,5,9,17H2,1-2H3,(H,18,19,20). The van der Waals surface area contributed by atoms with Crippen LogP contribution in [-0.4, -0.2) is 9.97 Å². The Hall–Kier alpha value is -1.85. The summed E-state index contributed by atoms with van der Waals surface area (Å²) in [7, 11) is 0. The van der Waals surface area contributed by atoms with Crippen molar-refractivity contribution in [3.05, 3.63) is 46.2 Å². The van der Waals surface area contributed by atoms with Crippen molar-refractivity contribution in [2.75, 3.05) is 5.43 Å². The van der Waals surface area contributed by atoms with Gasteiger partial charge in [0.25, 0.3) is 0 Å². The molecule has 2 aromatic rings.